The van der Waals surface area contributed by atoms with Crippen LogP contribution in [0.3, 0.4) is 0 Å². The zero-order valence-electron chi connectivity index (χ0n) is 31.5. The molecule has 1 aromatic heterocycles. The number of carbonyl (C=O) groups is 2. The summed E-state index contributed by atoms with van der Waals surface area (Å²) in [5, 5.41) is 2.88. The van der Waals surface area contributed by atoms with Gasteiger partial charge in [-0.1, -0.05) is 6.58 Å². The minimum Gasteiger partial charge on any atom is -0.451 e. The highest BCUT2D eigenvalue weighted by Gasteiger charge is 2.46. The smallest absolute Gasteiger partial charge is 0.281 e. The molecule has 1 N–H and O–H groups in total. The van der Waals surface area contributed by atoms with Crippen LogP contribution >= 0.6 is 0 Å². The summed E-state index contributed by atoms with van der Waals surface area (Å²) in [4.78, 5) is 40.4. The molecule has 0 atom stereocenters. The fourth-order valence-electron chi connectivity index (χ4n) is 8.48. The number of likely N-dealkylation sites (tertiary alicyclic amines) is 1. The Labute approximate surface area is 313 Å². The zero-order chi connectivity index (χ0) is 37.9. The molecule has 6 rings (SSSR count). The first-order valence-electron chi connectivity index (χ1n) is 19.0. The van der Waals surface area contributed by atoms with Crippen LogP contribution in [0.25, 0.3) is 0 Å². The van der Waals surface area contributed by atoms with Crippen molar-refractivity contribution in [2.24, 2.45) is 11.3 Å². The van der Waals surface area contributed by atoms with Crippen LogP contribution in [-0.2, 0) is 15.0 Å². The number of carbonyl (C=O) groups excluding carboxylic acids is 2. The van der Waals surface area contributed by atoms with Crippen molar-refractivity contribution >= 4 is 27.8 Å². The Morgan fingerprint density at radius 3 is 2.23 bits per heavy atom. The molecule has 0 radical (unpaired) electrons. The molecule has 1 aromatic carbocycles. The largest absolute Gasteiger partial charge is 0.451 e. The van der Waals surface area contributed by atoms with Gasteiger partial charge >= 0.3 is 0 Å². The van der Waals surface area contributed by atoms with Crippen molar-refractivity contribution in [2.75, 3.05) is 63.8 Å². The Morgan fingerprint density at radius 2 is 1.62 bits per heavy atom. The van der Waals surface area contributed by atoms with E-state index < -0.39 is 16.0 Å². The first kappa shape index (κ1) is 39.0. The van der Waals surface area contributed by atoms with Gasteiger partial charge in [-0.15, -0.1) is 0 Å². The monoisotopic (exact) mass is 754 g/mol. The number of ether oxygens (including phenoxy) is 1. The standard InChI is InChI=1S/C38H55FN8O5S/c1-6-35(48)42-31-11-17-46(18-12-31)53(50,51)45-15-9-29(10-16-45)23-43-19-13-38(14-20-43)24-44(25-38)36-34(22-40-26-41-36)52-33-8-7-30(39)21-32(33)37(49)47(27(2)3)28(4)5/h6-8,21-22,26-29,31H,1,9-20,23-25H2,2-5H3,(H,42,48). The maximum absolute atomic E-state index is 14.4. The van der Waals surface area contributed by atoms with E-state index in [0.29, 0.717) is 56.5 Å². The van der Waals surface area contributed by atoms with Crippen LogP contribution in [0.2, 0.25) is 0 Å². The van der Waals surface area contributed by atoms with Crippen molar-refractivity contribution in [3.8, 4) is 11.5 Å². The van der Waals surface area contributed by atoms with E-state index >= 15 is 0 Å². The third kappa shape index (κ3) is 8.84. The molecule has 0 unspecified atom stereocenters. The Bertz CT molecular complexity index is 1720. The lowest BCUT2D eigenvalue weighted by atomic mass is 9.72. The number of benzene rings is 1. The summed E-state index contributed by atoms with van der Waals surface area (Å²) in [6.07, 6.45) is 9.39. The van der Waals surface area contributed by atoms with E-state index in [0.717, 1.165) is 58.4 Å². The number of hydrogen-bond donors (Lipinski definition) is 1. The molecule has 0 bridgehead atoms. The number of rotatable bonds is 12. The number of aromatic nitrogens is 2. The molecule has 0 saturated carbocycles. The van der Waals surface area contributed by atoms with Crippen LogP contribution in [0.4, 0.5) is 10.2 Å². The van der Waals surface area contributed by atoms with Gasteiger partial charge in [0.25, 0.3) is 16.1 Å². The zero-order valence-corrected chi connectivity index (χ0v) is 32.4. The highest BCUT2D eigenvalue weighted by atomic mass is 32.2. The third-order valence-electron chi connectivity index (χ3n) is 11.4. The summed E-state index contributed by atoms with van der Waals surface area (Å²) in [7, 11) is -3.51. The second-order valence-corrected chi connectivity index (χ2v) is 17.7. The van der Waals surface area contributed by atoms with Crippen LogP contribution in [0.15, 0.2) is 43.4 Å². The first-order valence-corrected chi connectivity index (χ1v) is 20.4. The lowest BCUT2D eigenvalue weighted by Crippen LogP contribution is -2.61. The van der Waals surface area contributed by atoms with Crippen molar-refractivity contribution in [1.82, 2.24) is 33.7 Å². The fourth-order valence-corrected chi connectivity index (χ4v) is 10.2. The number of nitrogens with zero attached hydrogens (tertiary/aromatic N) is 7. The lowest BCUT2D eigenvalue weighted by Gasteiger charge is -2.54. The van der Waals surface area contributed by atoms with Gasteiger partial charge in [-0.25, -0.2) is 14.4 Å². The number of amides is 2. The van der Waals surface area contributed by atoms with E-state index in [9.17, 15) is 22.4 Å². The molecule has 290 valence electrons. The first-order chi connectivity index (χ1) is 25.3. The van der Waals surface area contributed by atoms with E-state index in [1.54, 1.807) is 19.7 Å². The second-order valence-electron chi connectivity index (χ2n) is 15.7. The third-order valence-corrected chi connectivity index (χ3v) is 13.4. The van der Waals surface area contributed by atoms with E-state index in [4.69, 9.17) is 4.74 Å². The summed E-state index contributed by atoms with van der Waals surface area (Å²) < 4.78 is 50.7. The van der Waals surface area contributed by atoms with E-state index in [1.165, 1.54) is 30.6 Å². The maximum Gasteiger partial charge on any atom is 0.281 e. The molecular formula is C38H55FN8O5S. The molecule has 13 nitrogen and oxygen atoms in total. The van der Waals surface area contributed by atoms with Gasteiger partial charge in [0, 0.05) is 69.4 Å². The molecule has 53 heavy (non-hydrogen) atoms. The maximum atomic E-state index is 14.4. The fraction of sp³-hybridized carbons (Fsp3) is 0.632. The van der Waals surface area contributed by atoms with Crippen molar-refractivity contribution in [2.45, 2.75) is 84.3 Å². The highest BCUT2D eigenvalue weighted by molar-refractivity contribution is 7.86. The SMILES string of the molecule is C=CC(=O)NC1CCN(S(=O)(=O)N2CCC(CN3CCC4(CC3)CN(c3ncncc3Oc3ccc(F)cc3C(=O)N(C(C)C)C(C)C)C4)CC2)CC1. The number of halogens is 1. The van der Waals surface area contributed by atoms with Gasteiger partial charge in [0.2, 0.25) is 5.91 Å². The topological polar surface area (TPSA) is 132 Å². The Morgan fingerprint density at radius 1 is 1.00 bits per heavy atom. The predicted molar refractivity (Wildman–Crippen MR) is 201 cm³/mol. The minimum absolute atomic E-state index is 0.0199. The van der Waals surface area contributed by atoms with Crippen molar-refractivity contribution < 1.29 is 27.1 Å². The van der Waals surface area contributed by atoms with Crippen LogP contribution in [0.5, 0.6) is 11.5 Å². The average Bonchev–Trinajstić information content (AvgIpc) is 3.12. The molecular weight excluding hydrogens is 700 g/mol. The number of piperidine rings is 3. The summed E-state index contributed by atoms with van der Waals surface area (Å²) in [6.45, 7) is 17.8. The van der Waals surface area contributed by atoms with E-state index in [2.05, 4.69) is 31.7 Å². The van der Waals surface area contributed by atoms with Gasteiger partial charge < -0.3 is 24.8 Å². The molecule has 4 aliphatic heterocycles. The number of anilines is 1. The molecule has 4 fully saturated rings. The molecule has 15 heteroatoms. The van der Waals surface area contributed by atoms with Crippen LogP contribution in [-0.4, -0.2) is 126 Å². The summed E-state index contributed by atoms with van der Waals surface area (Å²) in [5.74, 6) is 0.793. The summed E-state index contributed by atoms with van der Waals surface area (Å²) >= 11 is 0. The van der Waals surface area contributed by atoms with Gasteiger partial charge in [-0.3, -0.25) is 9.59 Å². The molecule has 1 spiro atoms. The van der Waals surface area contributed by atoms with E-state index in [1.807, 2.05) is 27.7 Å². The van der Waals surface area contributed by atoms with Gasteiger partial charge in [0.1, 0.15) is 17.9 Å². The Hall–Kier alpha value is -3.66. The quantitative estimate of drug-likeness (QED) is 0.316. The highest BCUT2D eigenvalue weighted by Crippen LogP contribution is 2.45. The normalized spacial score (nSPS) is 20.8. The molecule has 4 aliphatic rings. The molecule has 2 amide bonds. The van der Waals surface area contributed by atoms with Crippen molar-refractivity contribution in [1.29, 1.82) is 0 Å². The Balaban J connectivity index is 0.981. The van der Waals surface area contributed by atoms with E-state index in [-0.39, 0.29) is 46.7 Å². The van der Waals surface area contributed by atoms with Gasteiger partial charge in [0.15, 0.2) is 11.6 Å². The van der Waals surface area contributed by atoms with Crippen molar-refractivity contribution in [3.05, 3.63) is 54.8 Å². The predicted octanol–water partition coefficient (Wildman–Crippen LogP) is 4.29. The Kier molecular flexibility index (Phi) is 12.1. The van der Waals surface area contributed by atoms with Gasteiger partial charge in [0.05, 0.1) is 11.8 Å². The average molecular weight is 755 g/mol. The van der Waals surface area contributed by atoms with Gasteiger partial charge in [-0.2, -0.15) is 17.0 Å². The summed E-state index contributed by atoms with van der Waals surface area (Å²) in [5.41, 5.74) is 0.346. The number of hydrogen-bond acceptors (Lipinski definition) is 9. The van der Waals surface area contributed by atoms with Crippen LogP contribution in [0, 0.1) is 17.2 Å². The molecule has 2 aromatic rings. The summed E-state index contributed by atoms with van der Waals surface area (Å²) in [6, 6.07) is 3.85. The molecule has 4 saturated heterocycles. The lowest BCUT2D eigenvalue weighted by molar-refractivity contribution is -0.117. The minimum atomic E-state index is -3.51. The molecule has 5 heterocycles. The van der Waals surface area contributed by atoms with Crippen molar-refractivity contribution in [3.63, 3.8) is 0 Å². The van der Waals surface area contributed by atoms with Crippen LogP contribution < -0.4 is 15.0 Å². The van der Waals surface area contributed by atoms with Gasteiger partial charge in [-0.05, 0) is 110 Å². The second kappa shape index (κ2) is 16.4. The molecule has 0 aliphatic carbocycles. The number of nitrogens with one attached hydrogen (secondary N) is 1. The van der Waals surface area contributed by atoms with Crippen LogP contribution in [0.1, 0.15) is 76.6 Å².